The van der Waals surface area contributed by atoms with E-state index in [9.17, 15) is 0 Å². The van der Waals surface area contributed by atoms with Crippen LogP contribution in [0.2, 0.25) is 0 Å². The van der Waals surface area contributed by atoms with E-state index in [0.29, 0.717) is 13.1 Å². The number of ether oxygens (including phenoxy) is 2. The molecule has 1 aromatic carbocycles. The number of aliphatic imine (C=N–C) groups is 1. The summed E-state index contributed by atoms with van der Waals surface area (Å²) in [5.41, 5.74) is 1.05. The summed E-state index contributed by atoms with van der Waals surface area (Å²) >= 11 is 0. The molecule has 0 radical (unpaired) electrons. The van der Waals surface area contributed by atoms with Crippen LogP contribution < -0.4 is 20.1 Å². The molecule has 0 aliphatic rings. The molecule has 31 heavy (non-hydrogen) atoms. The van der Waals surface area contributed by atoms with Crippen LogP contribution in [0.3, 0.4) is 0 Å². The average Bonchev–Trinajstić information content (AvgIpc) is 3.31. The molecule has 9 heteroatoms. The van der Waals surface area contributed by atoms with Gasteiger partial charge in [0.25, 0.3) is 0 Å². The summed E-state index contributed by atoms with van der Waals surface area (Å²) < 4.78 is 13.1. The number of halogens is 1. The second-order valence-corrected chi connectivity index (χ2v) is 6.63. The number of hydrogen-bond donors (Lipinski definition) is 2. The highest BCUT2D eigenvalue weighted by molar-refractivity contribution is 14.0. The fraction of sp³-hybridized carbons (Fsp3) is 0.318. The maximum Gasteiger partial charge on any atom is 0.191 e. The Bertz CT molecular complexity index is 949. The molecular weight excluding hydrogens is 507 g/mol. The van der Waals surface area contributed by atoms with Crippen LogP contribution in [0.25, 0.3) is 5.82 Å². The van der Waals surface area contributed by atoms with E-state index in [1.807, 2.05) is 62.5 Å². The highest BCUT2D eigenvalue weighted by Gasteiger charge is 2.09. The minimum atomic E-state index is -0.0718. The van der Waals surface area contributed by atoms with Gasteiger partial charge in [0.15, 0.2) is 23.3 Å². The maximum absolute atomic E-state index is 6.00. The van der Waals surface area contributed by atoms with E-state index in [1.165, 1.54) is 0 Å². The fourth-order valence-corrected chi connectivity index (χ4v) is 2.82. The Balaban J connectivity index is 0.00000341. The molecule has 0 aliphatic heterocycles. The van der Waals surface area contributed by atoms with Gasteiger partial charge >= 0.3 is 0 Å². The highest BCUT2D eigenvalue weighted by Crippen LogP contribution is 2.26. The zero-order valence-electron chi connectivity index (χ0n) is 18.0. The summed E-state index contributed by atoms with van der Waals surface area (Å²) in [5, 5.41) is 10.8. The first kappa shape index (κ1) is 24.4. The van der Waals surface area contributed by atoms with E-state index < -0.39 is 0 Å². The van der Waals surface area contributed by atoms with Crippen molar-refractivity contribution in [2.75, 3.05) is 20.2 Å². The number of aromatic nitrogens is 3. The highest BCUT2D eigenvalue weighted by atomic mass is 127. The van der Waals surface area contributed by atoms with Crippen LogP contribution in [-0.4, -0.2) is 47.0 Å². The monoisotopic (exact) mass is 536 g/mol. The molecule has 2 aromatic heterocycles. The Morgan fingerprint density at radius 1 is 1.13 bits per heavy atom. The lowest BCUT2D eigenvalue weighted by molar-refractivity contribution is 0.213. The lowest BCUT2D eigenvalue weighted by atomic mass is 10.2. The molecule has 0 amide bonds. The van der Waals surface area contributed by atoms with Crippen molar-refractivity contribution in [3.05, 3.63) is 66.6 Å². The van der Waals surface area contributed by atoms with Crippen LogP contribution in [0.5, 0.6) is 11.5 Å². The third-order valence-electron chi connectivity index (χ3n) is 4.27. The molecule has 0 bridgehead atoms. The molecule has 0 aliphatic carbocycles. The number of pyridine rings is 1. The first-order valence-electron chi connectivity index (χ1n) is 9.96. The summed E-state index contributed by atoms with van der Waals surface area (Å²) in [5.74, 6) is 2.93. The Morgan fingerprint density at radius 2 is 1.94 bits per heavy atom. The van der Waals surface area contributed by atoms with Crippen LogP contribution in [0.1, 0.15) is 19.4 Å². The maximum atomic E-state index is 6.00. The molecule has 1 unspecified atom stereocenters. The molecule has 0 saturated carbocycles. The van der Waals surface area contributed by atoms with Crippen molar-refractivity contribution in [2.24, 2.45) is 4.99 Å². The van der Waals surface area contributed by atoms with Crippen molar-refractivity contribution in [1.82, 2.24) is 25.4 Å². The van der Waals surface area contributed by atoms with E-state index in [0.717, 1.165) is 35.4 Å². The molecule has 3 rings (SSSR count). The van der Waals surface area contributed by atoms with Crippen LogP contribution in [0.4, 0.5) is 0 Å². The minimum absolute atomic E-state index is 0. The molecular formula is C22H29IN6O2. The molecule has 166 valence electrons. The average molecular weight is 536 g/mol. The zero-order chi connectivity index (χ0) is 21.2. The van der Waals surface area contributed by atoms with Crippen molar-refractivity contribution in [2.45, 2.75) is 26.5 Å². The van der Waals surface area contributed by atoms with Crippen LogP contribution >= 0.6 is 24.0 Å². The van der Waals surface area contributed by atoms with Crippen molar-refractivity contribution < 1.29 is 9.47 Å². The van der Waals surface area contributed by atoms with E-state index in [-0.39, 0.29) is 30.1 Å². The molecule has 2 N–H and O–H groups in total. The van der Waals surface area contributed by atoms with Gasteiger partial charge < -0.3 is 20.1 Å². The van der Waals surface area contributed by atoms with E-state index >= 15 is 0 Å². The molecule has 0 saturated heterocycles. The van der Waals surface area contributed by atoms with Crippen molar-refractivity contribution in [3.63, 3.8) is 0 Å². The Labute approximate surface area is 200 Å². The summed E-state index contributed by atoms with van der Waals surface area (Å²) in [4.78, 5) is 9.03. The van der Waals surface area contributed by atoms with Crippen LogP contribution in [0, 0.1) is 0 Å². The molecule has 2 heterocycles. The minimum Gasteiger partial charge on any atom is -0.493 e. The van der Waals surface area contributed by atoms with E-state index in [4.69, 9.17) is 9.47 Å². The van der Waals surface area contributed by atoms with Gasteiger partial charge in [0.2, 0.25) is 0 Å². The van der Waals surface area contributed by atoms with Gasteiger partial charge in [-0.1, -0.05) is 12.1 Å². The summed E-state index contributed by atoms with van der Waals surface area (Å²) in [6.45, 7) is 5.92. The first-order valence-corrected chi connectivity index (χ1v) is 9.96. The molecule has 0 spiro atoms. The third-order valence-corrected chi connectivity index (χ3v) is 4.27. The normalized spacial score (nSPS) is 11.9. The second kappa shape index (κ2) is 12.8. The summed E-state index contributed by atoms with van der Waals surface area (Å²) in [7, 11) is 1.64. The molecule has 8 nitrogen and oxygen atoms in total. The van der Waals surface area contributed by atoms with Crippen molar-refractivity contribution >= 4 is 29.9 Å². The number of rotatable bonds is 9. The van der Waals surface area contributed by atoms with Gasteiger partial charge in [0.05, 0.1) is 20.2 Å². The van der Waals surface area contributed by atoms with Gasteiger partial charge in [-0.2, -0.15) is 5.10 Å². The lowest BCUT2D eigenvalue weighted by Crippen LogP contribution is -2.41. The third kappa shape index (κ3) is 7.42. The van der Waals surface area contributed by atoms with Gasteiger partial charge in [-0.3, -0.25) is 0 Å². The van der Waals surface area contributed by atoms with Gasteiger partial charge in [-0.15, -0.1) is 24.0 Å². The van der Waals surface area contributed by atoms with Crippen molar-refractivity contribution in [1.29, 1.82) is 0 Å². The number of hydrogen-bond acceptors (Lipinski definition) is 5. The lowest BCUT2D eigenvalue weighted by Gasteiger charge is -2.19. The summed E-state index contributed by atoms with van der Waals surface area (Å²) in [6.07, 6.45) is 5.29. The van der Waals surface area contributed by atoms with Gasteiger partial charge in [-0.25, -0.2) is 14.7 Å². The Hall–Kier alpha value is -2.82. The Kier molecular flexibility index (Phi) is 10.1. The smallest absolute Gasteiger partial charge is 0.191 e. The molecule has 1 atom stereocenters. The number of guanidine groups is 1. The summed E-state index contributed by atoms with van der Waals surface area (Å²) in [6, 6.07) is 13.4. The van der Waals surface area contributed by atoms with Gasteiger partial charge in [-0.05, 0) is 49.7 Å². The van der Waals surface area contributed by atoms with Gasteiger partial charge in [0, 0.05) is 25.1 Å². The molecule has 0 fully saturated rings. The Morgan fingerprint density at radius 3 is 2.65 bits per heavy atom. The van der Waals surface area contributed by atoms with E-state index in [2.05, 4.69) is 25.7 Å². The number of nitrogens with one attached hydrogen (secondary N) is 2. The number of benzene rings is 1. The number of para-hydroxylation sites is 2. The largest absolute Gasteiger partial charge is 0.493 e. The second-order valence-electron chi connectivity index (χ2n) is 6.63. The zero-order valence-corrected chi connectivity index (χ0v) is 20.3. The first-order chi connectivity index (χ1) is 14.7. The van der Waals surface area contributed by atoms with Crippen molar-refractivity contribution in [3.8, 4) is 17.3 Å². The quantitative estimate of drug-likeness (QED) is 0.248. The topological polar surface area (TPSA) is 85.6 Å². The predicted octanol–water partition coefficient (Wildman–Crippen LogP) is 3.42. The van der Waals surface area contributed by atoms with Crippen LogP contribution in [0.15, 0.2) is 66.0 Å². The predicted molar refractivity (Wildman–Crippen MR) is 133 cm³/mol. The van der Waals surface area contributed by atoms with E-state index in [1.54, 1.807) is 24.2 Å². The van der Waals surface area contributed by atoms with Crippen LogP contribution in [-0.2, 0) is 6.54 Å². The molecule has 3 aromatic rings. The van der Waals surface area contributed by atoms with Gasteiger partial charge in [0.1, 0.15) is 6.10 Å². The fourth-order valence-electron chi connectivity index (χ4n) is 2.82. The standard InChI is InChI=1S/C22H28N6O2.HI/c1-4-23-22(25-15-17(2)30-20-9-6-5-8-19(20)29-3)26-16-18-10-12-24-21(14-18)28-13-7-11-27-28;/h5-14,17H,4,15-16H2,1-3H3,(H2,23,25,26);1H. The number of methoxy groups -OCH3 is 1. The number of nitrogens with zero attached hydrogens (tertiary/aromatic N) is 4. The SMILES string of the molecule is CCNC(=NCc1ccnc(-n2cccn2)c1)NCC(C)Oc1ccccc1OC.I.